The minimum absolute atomic E-state index is 0.0601. The van der Waals surface area contributed by atoms with Crippen molar-refractivity contribution in [2.24, 2.45) is 0 Å². The quantitative estimate of drug-likeness (QED) is 0.367. The van der Waals surface area contributed by atoms with Crippen molar-refractivity contribution in [3.8, 4) is 22.3 Å². The van der Waals surface area contributed by atoms with Gasteiger partial charge in [-0.3, -0.25) is 4.79 Å². The Balaban J connectivity index is 1.99. The Kier molecular flexibility index (Phi) is 4.74. The molecule has 3 aromatic rings. The van der Waals surface area contributed by atoms with Gasteiger partial charge >= 0.3 is 0 Å². The zero-order valence-electron chi connectivity index (χ0n) is 16.3. The van der Waals surface area contributed by atoms with E-state index in [4.69, 9.17) is 0 Å². The molecule has 2 nitrogen and oxygen atoms in total. The van der Waals surface area contributed by atoms with Gasteiger partial charge in [-0.2, -0.15) is 0 Å². The average Bonchev–Trinajstić information content (AvgIpc) is 3.05. The lowest BCUT2D eigenvalue weighted by Crippen LogP contribution is -2.12. The number of ketones is 1. The molecule has 1 aliphatic rings. The van der Waals surface area contributed by atoms with Crippen molar-refractivity contribution in [3.63, 3.8) is 0 Å². The van der Waals surface area contributed by atoms with Crippen molar-refractivity contribution in [1.82, 2.24) is 0 Å². The predicted octanol–water partition coefficient (Wildman–Crippen LogP) is 5.61. The highest BCUT2D eigenvalue weighted by Crippen LogP contribution is 2.44. The molecule has 1 atom stereocenters. The molecule has 1 N–H and O–H groups in total. The molecule has 0 aromatic heterocycles. The number of carbonyl (C=O) groups excluding carboxylic acids is 1. The topological polar surface area (TPSA) is 37.3 Å². The number of allylic oxidation sites excluding steroid dienone is 1. The smallest absolute Gasteiger partial charge is 0.189 e. The number of Topliss-reactive ketones (excluding diaryl/α,β-unsaturated/α-hetero) is 1. The molecule has 0 heterocycles. The summed E-state index contributed by atoms with van der Waals surface area (Å²) in [6.45, 7) is 7.38. The highest BCUT2D eigenvalue weighted by Gasteiger charge is 2.25. The van der Waals surface area contributed by atoms with Gasteiger partial charge in [-0.15, -0.1) is 0 Å². The number of benzene rings is 3. The van der Waals surface area contributed by atoms with Gasteiger partial charge in [0.1, 0.15) is 0 Å². The molecular formula is C26H24O2. The van der Waals surface area contributed by atoms with Crippen LogP contribution >= 0.6 is 0 Å². The van der Waals surface area contributed by atoms with E-state index in [-0.39, 0.29) is 5.78 Å². The summed E-state index contributed by atoms with van der Waals surface area (Å²) in [6, 6.07) is 20.7. The minimum Gasteiger partial charge on any atom is -0.393 e. The van der Waals surface area contributed by atoms with Gasteiger partial charge in [0.15, 0.2) is 5.78 Å². The van der Waals surface area contributed by atoms with E-state index < -0.39 is 6.10 Å². The highest BCUT2D eigenvalue weighted by molar-refractivity contribution is 6.14. The van der Waals surface area contributed by atoms with Crippen LogP contribution in [0.15, 0.2) is 72.8 Å². The Morgan fingerprint density at radius 2 is 1.61 bits per heavy atom. The van der Waals surface area contributed by atoms with Crippen LogP contribution in [0.2, 0.25) is 0 Å². The molecule has 0 saturated heterocycles. The molecule has 4 rings (SSSR count). The normalized spacial score (nSPS) is 13.0. The van der Waals surface area contributed by atoms with Crippen molar-refractivity contribution in [2.45, 2.75) is 32.8 Å². The van der Waals surface area contributed by atoms with E-state index in [9.17, 15) is 9.90 Å². The van der Waals surface area contributed by atoms with Crippen LogP contribution in [-0.4, -0.2) is 17.0 Å². The average molecular weight is 368 g/mol. The third kappa shape index (κ3) is 3.10. The lowest BCUT2D eigenvalue weighted by Gasteiger charge is -2.18. The largest absolute Gasteiger partial charge is 0.393 e. The number of fused-ring (bicyclic) bond motifs is 3. The maximum Gasteiger partial charge on any atom is 0.189 e. The monoisotopic (exact) mass is 368 g/mol. The van der Waals surface area contributed by atoms with Gasteiger partial charge in [0.25, 0.3) is 0 Å². The molecular weight excluding hydrogens is 344 g/mol. The zero-order valence-corrected chi connectivity index (χ0v) is 16.3. The van der Waals surface area contributed by atoms with Crippen molar-refractivity contribution in [3.05, 3.63) is 95.1 Å². The van der Waals surface area contributed by atoms with Gasteiger partial charge in [-0.25, -0.2) is 0 Å². The summed E-state index contributed by atoms with van der Waals surface area (Å²) >= 11 is 0. The minimum atomic E-state index is -0.519. The molecule has 3 aromatic carbocycles. The van der Waals surface area contributed by atoms with E-state index in [1.807, 2.05) is 18.2 Å². The van der Waals surface area contributed by atoms with Crippen molar-refractivity contribution < 1.29 is 9.90 Å². The number of hydrogen-bond donors (Lipinski definition) is 1. The lowest BCUT2D eigenvalue weighted by molar-refractivity contribution is 0.103. The van der Waals surface area contributed by atoms with Crippen LogP contribution in [0.1, 0.15) is 40.9 Å². The standard InChI is InChI=1S/C26H24O2/c1-16(2)26(28)25-19(14-17(3)27)9-6-13-23(25)22-12-7-10-20-15-18-8-4-5-11-21(18)24(20)22/h4-13,17,27H,1,14-15H2,2-3H3. The molecule has 2 heteroatoms. The first-order valence-corrected chi connectivity index (χ1v) is 9.68. The Labute approximate surface area is 166 Å². The van der Waals surface area contributed by atoms with Crippen LogP contribution in [0.25, 0.3) is 22.3 Å². The Hall–Kier alpha value is -2.97. The predicted molar refractivity (Wildman–Crippen MR) is 115 cm³/mol. The number of aliphatic hydroxyl groups excluding tert-OH is 1. The fourth-order valence-electron chi connectivity index (χ4n) is 4.21. The summed E-state index contributed by atoms with van der Waals surface area (Å²) < 4.78 is 0. The fourth-order valence-corrected chi connectivity index (χ4v) is 4.21. The van der Waals surface area contributed by atoms with Crippen LogP contribution in [0.4, 0.5) is 0 Å². The Morgan fingerprint density at radius 1 is 0.964 bits per heavy atom. The summed E-state index contributed by atoms with van der Waals surface area (Å²) in [4.78, 5) is 13.1. The molecule has 140 valence electrons. The van der Waals surface area contributed by atoms with Gasteiger partial charge in [-0.05, 0) is 71.2 Å². The van der Waals surface area contributed by atoms with Crippen molar-refractivity contribution >= 4 is 5.78 Å². The van der Waals surface area contributed by atoms with Crippen molar-refractivity contribution in [2.75, 3.05) is 0 Å². The molecule has 28 heavy (non-hydrogen) atoms. The van der Waals surface area contributed by atoms with Crippen LogP contribution in [0.5, 0.6) is 0 Å². The van der Waals surface area contributed by atoms with Gasteiger partial charge in [0.05, 0.1) is 6.10 Å². The summed E-state index contributed by atoms with van der Waals surface area (Å²) in [7, 11) is 0. The Morgan fingerprint density at radius 3 is 2.36 bits per heavy atom. The second-order valence-electron chi connectivity index (χ2n) is 7.68. The number of rotatable bonds is 5. The molecule has 1 aliphatic carbocycles. The maximum atomic E-state index is 13.1. The molecule has 0 fully saturated rings. The second-order valence-corrected chi connectivity index (χ2v) is 7.68. The van der Waals surface area contributed by atoms with Gasteiger partial charge in [0.2, 0.25) is 0 Å². The summed E-state index contributed by atoms with van der Waals surface area (Å²) in [5, 5.41) is 9.96. The van der Waals surface area contributed by atoms with Crippen LogP contribution in [-0.2, 0) is 12.8 Å². The van der Waals surface area contributed by atoms with E-state index in [1.165, 1.54) is 22.3 Å². The SMILES string of the molecule is C=C(C)C(=O)c1c(CC(C)O)cccc1-c1cccc2c1-c1ccccc1C2. The number of carbonyl (C=O) groups is 1. The first kappa shape index (κ1) is 18.4. The molecule has 0 amide bonds. The molecule has 1 unspecified atom stereocenters. The van der Waals surface area contributed by atoms with E-state index in [0.29, 0.717) is 17.6 Å². The van der Waals surface area contributed by atoms with Gasteiger partial charge < -0.3 is 5.11 Å². The molecule has 0 radical (unpaired) electrons. The van der Waals surface area contributed by atoms with E-state index in [1.54, 1.807) is 13.8 Å². The number of aliphatic hydroxyl groups is 1. The van der Waals surface area contributed by atoms with Gasteiger partial charge in [-0.1, -0.05) is 67.2 Å². The third-order valence-electron chi connectivity index (χ3n) is 5.39. The first-order chi connectivity index (χ1) is 13.5. The van der Waals surface area contributed by atoms with E-state index in [2.05, 4.69) is 49.0 Å². The third-order valence-corrected chi connectivity index (χ3v) is 5.39. The summed E-state index contributed by atoms with van der Waals surface area (Å²) in [6.07, 6.45) is 0.832. The molecule has 0 bridgehead atoms. The zero-order chi connectivity index (χ0) is 19.8. The Bertz CT molecular complexity index is 1090. The van der Waals surface area contributed by atoms with Crippen LogP contribution < -0.4 is 0 Å². The van der Waals surface area contributed by atoms with Crippen molar-refractivity contribution in [1.29, 1.82) is 0 Å². The fraction of sp³-hybridized carbons (Fsp3) is 0.192. The number of hydrogen-bond acceptors (Lipinski definition) is 2. The second kappa shape index (κ2) is 7.21. The van der Waals surface area contributed by atoms with Gasteiger partial charge in [0, 0.05) is 5.56 Å². The summed E-state index contributed by atoms with van der Waals surface area (Å²) in [5.74, 6) is -0.0601. The van der Waals surface area contributed by atoms with E-state index in [0.717, 1.165) is 23.1 Å². The summed E-state index contributed by atoms with van der Waals surface area (Å²) in [5.41, 5.74) is 9.07. The lowest BCUT2D eigenvalue weighted by atomic mass is 9.85. The highest BCUT2D eigenvalue weighted by atomic mass is 16.3. The van der Waals surface area contributed by atoms with Crippen LogP contribution in [0.3, 0.4) is 0 Å². The van der Waals surface area contributed by atoms with Crippen LogP contribution in [0, 0.1) is 0 Å². The van der Waals surface area contributed by atoms with E-state index >= 15 is 0 Å². The molecule has 0 aliphatic heterocycles. The molecule has 0 saturated carbocycles. The first-order valence-electron chi connectivity index (χ1n) is 9.68. The molecule has 0 spiro atoms. The maximum absolute atomic E-state index is 13.1.